The summed E-state index contributed by atoms with van der Waals surface area (Å²) in [5, 5.41) is 8.07. The van der Waals surface area contributed by atoms with E-state index in [9.17, 15) is 14.0 Å². The van der Waals surface area contributed by atoms with E-state index in [-0.39, 0.29) is 29.4 Å². The summed E-state index contributed by atoms with van der Waals surface area (Å²) in [6.45, 7) is 4.75. The van der Waals surface area contributed by atoms with Crippen molar-refractivity contribution in [2.45, 2.75) is 45.3 Å². The maximum atomic E-state index is 13.0. The predicted molar refractivity (Wildman–Crippen MR) is 106 cm³/mol. The molecule has 150 valence electrons. The number of benzene rings is 1. The largest absolute Gasteiger partial charge is 0.368 e. The molecular weight excluding hydrogens is 381 g/mol. The van der Waals surface area contributed by atoms with E-state index in [0.29, 0.717) is 29.6 Å². The topological polar surface area (TPSA) is 80.3 Å². The number of carbonyl (C=O) groups is 2. The van der Waals surface area contributed by atoms with Crippen LogP contribution >= 0.6 is 11.3 Å². The van der Waals surface area contributed by atoms with Crippen LogP contribution in [0.3, 0.4) is 0 Å². The van der Waals surface area contributed by atoms with Gasteiger partial charge in [-0.25, -0.2) is 9.37 Å². The SMILES string of the molecule is CC(C)C[C@@H](NC(=O)[C@H]1CCCO1)c1nc(C(=O)Nc2ccc(F)cc2)cs1. The number of halogens is 1. The van der Waals surface area contributed by atoms with Crippen LogP contribution in [0, 0.1) is 11.7 Å². The molecule has 8 heteroatoms. The first-order valence-electron chi connectivity index (χ1n) is 9.36. The van der Waals surface area contributed by atoms with Crippen LogP contribution < -0.4 is 10.6 Å². The molecule has 2 aromatic rings. The van der Waals surface area contributed by atoms with Crippen LogP contribution in [0.4, 0.5) is 10.1 Å². The van der Waals surface area contributed by atoms with E-state index in [2.05, 4.69) is 29.5 Å². The van der Waals surface area contributed by atoms with Crippen molar-refractivity contribution in [3.8, 4) is 0 Å². The molecule has 28 heavy (non-hydrogen) atoms. The van der Waals surface area contributed by atoms with Crippen LogP contribution in [-0.2, 0) is 9.53 Å². The Balaban J connectivity index is 1.69. The number of rotatable bonds is 7. The van der Waals surface area contributed by atoms with Gasteiger partial charge in [-0.05, 0) is 49.4 Å². The Bertz CT molecular complexity index is 816. The third-order valence-electron chi connectivity index (χ3n) is 4.40. The zero-order valence-corrected chi connectivity index (χ0v) is 16.7. The molecule has 0 bridgehead atoms. The quantitative estimate of drug-likeness (QED) is 0.732. The van der Waals surface area contributed by atoms with Crippen molar-refractivity contribution in [2.75, 3.05) is 11.9 Å². The Morgan fingerprint density at radius 2 is 2.07 bits per heavy atom. The molecule has 0 saturated carbocycles. The number of thiazole rings is 1. The molecule has 0 unspecified atom stereocenters. The molecule has 1 saturated heterocycles. The predicted octanol–water partition coefficient (Wildman–Crippen LogP) is 3.92. The first-order chi connectivity index (χ1) is 13.4. The lowest BCUT2D eigenvalue weighted by molar-refractivity contribution is -0.130. The fourth-order valence-corrected chi connectivity index (χ4v) is 3.88. The van der Waals surface area contributed by atoms with Gasteiger partial charge in [0.05, 0.1) is 6.04 Å². The van der Waals surface area contributed by atoms with E-state index < -0.39 is 6.10 Å². The number of nitrogens with zero attached hydrogens (tertiary/aromatic N) is 1. The molecular formula is C20H24FN3O3S. The zero-order chi connectivity index (χ0) is 20.1. The highest BCUT2D eigenvalue weighted by Crippen LogP contribution is 2.26. The van der Waals surface area contributed by atoms with E-state index in [1.165, 1.54) is 35.6 Å². The summed E-state index contributed by atoms with van der Waals surface area (Å²) in [5.74, 6) is -0.527. The van der Waals surface area contributed by atoms with Gasteiger partial charge in [0.15, 0.2) is 0 Å². The molecule has 1 aromatic carbocycles. The summed E-state index contributed by atoms with van der Waals surface area (Å²) in [6, 6.07) is 5.27. The first kappa shape index (κ1) is 20.4. The molecule has 1 aromatic heterocycles. The van der Waals surface area contributed by atoms with E-state index in [0.717, 1.165) is 12.8 Å². The van der Waals surface area contributed by atoms with Crippen molar-refractivity contribution in [2.24, 2.45) is 5.92 Å². The van der Waals surface area contributed by atoms with Crippen LogP contribution in [-0.4, -0.2) is 29.5 Å². The second kappa shape index (κ2) is 9.25. The highest BCUT2D eigenvalue weighted by Gasteiger charge is 2.28. The van der Waals surface area contributed by atoms with Gasteiger partial charge in [0.1, 0.15) is 22.6 Å². The molecule has 0 radical (unpaired) electrons. The first-order valence-corrected chi connectivity index (χ1v) is 10.2. The fraction of sp³-hybridized carbons (Fsp3) is 0.450. The molecule has 1 aliphatic rings. The molecule has 3 rings (SSSR count). The van der Waals surface area contributed by atoms with Gasteiger partial charge in [0, 0.05) is 17.7 Å². The molecule has 2 N–H and O–H groups in total. The number of carbonyl (C=O) groups excluding carboxylic acids is 2. The number of nitrogens with one attached hydrogen (secondary N) is 2. The van der Waals surface area contributed by atoms with Gasteiger partial charge in [-0.2, -0.15) is 0 Å². The second-order valence-corrected chi connectivity index (χ2v) is 8.11. The third-order valence-corrected chi connectivity index (χ3v) is 5.36. The molecule has 6 nitrogen and oxygen atoms in total. The minimum atomic E-state index is -0.407. The highest BCUT2D eigenvalue weighted by atomic mass is 32.1. The van der Waals surface area contributed by atoms with Gasteiger partial charge in [0.2, 0.25) is 5.91 Å². The van der Waals surface area contributed by atoms with Crippen molar-refractivity contribution in [1.29, 1.82) is 0 Å². The molecule has 1 fully saturated rings. The van der Waals surface area contributed by atoms with Crippen molar-refractivity contribution in [3.63, 3.8) is 0 Å². The molecule has 1 aliphatic heterocycles. The Kier molecular flexibility index (Phi) is 6.74. The van der Waals surface area contributed by atoms with Gasteiger partial charge in [0.25, 0.3) is 5.91 Å². The summed E-state index contributed by atoms with van der Waals surface area (Å²) >= 11 is 1.34. The van der Waals surface area contributed by atoms with Crippen molar-refractivity contribution >= 4 is 28.8 Å². The zero-order valence-electron chi connectivity index (χ0n) is 15.9. The Morgan fingerprint density at radius 3 is 2.71 bits per heavy atom. The minimum absolute atomic E-state index is 0.129. The van der Waals surface area contributed by atoms with Crippen molar-refractivity contribution in [3.05, 3.63) is 46.2 Å². The number of ether oxygens (including phenoxy) is 1. The van der Waals surface area contributed by atoms with E-state index in [1.54, 1.807) is 5.38 Å². The van der Waals surface area contributed by atoms with E-state index in [1.807, 2.05) is 0 Å². The maximum Gasteiger partial charge on any atom is 0.275 e. The van der Waals surface area contributed by atoms with Crippen molar-refractivity contribution in [1.82, 2.24) is 10.3 Å². The Labute approximate surface area is 167 Å². The van der Waals surface area contributed by atoms with Gasteiger partial charge in [-0.15, -0.1) is 11.3 Å². The molecule has 2 heterocycles. The van der Waals surface area contributed by atoms with Gasteiger partial charge >= 0.3 is 0 Å². The van der Waals surface area contributed by atoms with Crippen molar-refractivity contribution < 1.29 is 18.7 Å². The van der Waals surface area contributed by atoms with Gasteiger partial charge in [-0.1, -0.05) is 13.8 Å². The average Bonchev–Trinajstić information content (AvgIpc) is 3.35. The van der Waals surface area contributed by atoms with E-state index in [4.69, 9.17) is 4.74 Å². The number of hydrogen-bond acceptors (Lipinski definition) is 5. The summed E-state index contributed by atoms with van der Waals surface area (Å²) in [5.41, 5.74) is 0.760. The highest BCUT2D eigenvalue weighted by molar-refractivity contribution is 7.10. The molecule has 0 aliphatic carbocycles. The lowest BCUT2D eigenvalue weighted by Crippen LogP contribution is -2.37. The Morgan fingerprint density at radius 1 is 1.32 bits per heavy atom. The maximum absolute atomic E-state index is 13.0. The standard InChI is InChI=1S/C20H24FN3O3S/c1-12(2)10-15(23-19(26)17-4-3-9-27-17)20-24-16(11-28-20)18(25)22-14-7-5-13(21)6-8-14/h5-8,11-12,15,17H,3-4,9-10H2,1-2H3,(H,22,25)(H,23,26)/t15-,17-/m1/s1. The number of aromatic nitrogens is 1. The summed E-state index contributed by atoms with van der Waals surface area (Å²) in [7, 11) is 0. The summed E-state index contributed by atoms with van der Waals surface area (Å²) in [4.78, 5) is 29.3. The van der Waals surface area contributed by atoms with Gasteiger partial charge in [-0.3, -0.25) is 9.59 Å². The van der Waals surface area contributed by atoms with Crippen LogP contribution in [0.1, 0.15) is 54.6 Å². The minimum Gasteiger partial charge on any atom is -0.368 e. The fourth-order valence-electron chi connectivity index (χ4n) is 3.02. The van der Waals surface area contributed by atoms with E-state index >= 15 is 0 Å². The Hall–Kier alpha value is -2.32. The lowest BCUT2D eigenvalue weighted by Gasteiger charge is -2.20. The number of hydrogen-bond donors (Lipinski definition) is 2. The monoisotopic (exact) mass is 405 g/mol. The normalized spacial score (nSPS) is 17.5. The molecule has 2 atom stereocenters. The third kappa shape index (κ3) is 5.36. The lowest BCUT2D eigenvalue weighted by atomic mass is 10.0. The molecule has 2 amide bonds. The number of anilines is 1. The van der Waals surface area contributed by atoms with Crippen LogP contribution in [0.25, 0.3) is 0 Å². The summed E-state index contributed by atoms with van der Waals surface area (Å²) < 4.78 is 18.4. The average molecular weight is 405 g/mol. The molecule has 0 spiro atoms. The van der Waals surface area contributed by atoms with Gasteiger partial charge < -0.3 is 15.4 Å². The second-order valence-electron chi connectivity index (χ2n) is 7.22. The van der Waals surface area contributed by atoms with Crippen LogP contribution in [0.15, 0.2) is 29.6 Å². The van der Waals surface area contributed by atoms with Crippen LogP contribution in [0.5, 0.6) is 0 Å². The smallest absolute Gasteiger partial charge is 0.275 e. The van der Waals surface area contributed by atoms with Crippen LogP contribution in [0.2, 0.25) is 0 Å². The summed E-state index contributed by atoms with van der Waals surface area (Å²) in [6.07, 6.45) is 1.92. The number of amides is 2.